The quantitative estimate of drug-likeness (QED) is 0.701. The Labute approximate surface area is 86.0 Å². The molecule has 1 saturated carbocycles. The van der Waals surface area contributed by atoms with Crippen molar-refractivity contribution in [1.29, 1.82) is 0 Å². The van der Waals surface area contributed by atoms with Crippen LogP contribution < -0.4 is 5.73 Å². The molecule has 0 aromatic rings. The minimum absolute atomic E-state index is 0.158. The largest absolute Gasteiger partial charge is 0.464 e. The van der Waals surface area contributed by atoms with E-state index >= 15 is 0 Å². The predicted molar refractivity (Wildman–Crippen MR) is 55.7 cm³/mol. The highest BCUT2D eigenvalue weighted by atomic mass is 16.5. The van der Waals surface area contributed by atoms with E-state index in [9.17, 15) is 4.79 Å². The first-order valence-electron chi connectivity index (χ1n) is 5.53. The van der Waals surface area contributed by atoms with Crippen molar-refractivity contribution >= 4 is 5.97 Å². The van der Waals surface area contributed by atoms with Crippen molar-refractivity contribution in [2.75, 3.05) is 6.61 Å². The minimum atomic E-state index is -0.462. The molecule has 0 aromatic heterocycles. The summed E-state index contributed by atoms with van der Waals surface area (Å²) in [6.45, 7) is 4.43. The SMILES string of the molecule is CC(C)C(N)C(=O)OCC1CCCC1. The van der Waals surface area contributed by atoms with Gasteiger partial charge >= 0.3 is 5.97 Å². The summed E-state index contributed by atoms with van der Waals surface area (Å²) in [4.78, 5) is 11.4. The van der Waals surface area contributed by atoms with Gasteiger partial charge in [-0.3, -0.25) is 4.79 Å². The second-order valence-corrected chi connectivity index (χ2v) is 4.55. The molecule has 3 heteroatoms. The average Bonchev–Trinajstić information content (AvgIpc) is 2.65. The van der Waals surface area contributed by atoms with Crippen LogP contribution in [0.3, 0.4) is 0 Å². The molecule has 1 unspecified atom stereocenters. The zero-order valence-electron chi connectivity index (χ0n) is 9.16. The fourth-order valence-corrected chi connectivity index (χ4v) is 1.75. The predicted octanol–water partition coefficient (Wildman–Crippen LogP) is 1.70. The number of nitrogens with two attached hydrogens (primary N) is 1. The topological polar surface area (TPSA) is 52.3 Å². The summed E-state index contributed by atoms with van der Waals surface area (Å²) >= 11 is 0. The number of hydrogen-bond donors (Lipinski definition) is 1. The van der Waals surface area contributed by atoms with Crippen molar-refractivity contribution in [3.8, 4) is 0 Å². The number of carbonyl (C=O) groups excluding carboxylic acids is 1. The summed E-state index contributed by atoms with van der Waals surface area (Å²) in [5.74, 6) is 0.497. The van der Waals surface area contributed by atoms with Gasteiger partial charge in [0.2, 0.25) is 0 Å². The summed E-state index contributed by atoms with van der Waals surface area (Å²) in [6.07, 6.45) is 4.95. The van der Waals surface area contributed by atoms with Crippen molar-refractivity contribution in [2.45, 2.75) is 45.6 Å². The van der Waals surface area contributed by atoms with Gasteiger partial charge in [0.1, 0.15) is 6.04 Å². The highest BCUT2D eigenvalue weighted by molar-refractivity contribution is 5.75. The van der Waals surface area contributed by atoms with Gasteiger partial charge in [0.25, 0.3) is 0 Å². The lowest BCUT2D eigenvalue weighted by Gasteiger charge is -2.16. The molecule has 0 amide bonds. The van der Waals surface area contributed by atoms with Gasteiger partial charge in [-0.2, -0.15) is 0 Å². The van der Waals surface area contributed by atoms with Gasteiger partial charge in [0, 0.05) is 0 Å². The van der Waals surface area contributed by atoms with Crippen LogP contribution in [0.15, 0.2) is 0 Å². The fourth-order valence-electron chi connectivity index (χ4n) is 1.75. The summed E-state index contributed by atoms with van der Waals surface area (Å²) < 4.78 is 5.19. The first kappa shape index (κ1) is 11.5. The molecule has 0 aromatic carbocycles. The number of hydrogen-bond acceptors (Lipinski definition) is 3. The molecule has 1 fully saturated rings. The Hall–Kier alpha value is -0.570. The third kappa shape index (κ3) is 3.29. The van der Waals surface area contributed by atoms with Crippen molar-refractivity contribution in [3.63, 3.8) is 0 Å². The molecule has 0 saturated heterocycles. The van der Waals surface area contributed by atoms with Gasteiger partial charge in [-0.15, -0.1) is 0 Å². The molecule has 1 aliphatic carbocycles. The molecule has 0 spiro atoms. The van der Waals surface area contributed by atoms with Crippen LogP contribution in [-0.4, -0.2) is 18.6 Å². The lowest BCUT2D eigenvalue weighted by atomic mass is 10.1. The molecule has 0 heterocycles. The van der Waals surface area contributed by atoms with E-state index in [0.717, 1.165) is 0 Å². The molecule has 0 aliphatic heterocycles. The molecule has 14 heavy (non-hydrogen) atoms. The lowest BCUT2D eigenvalue weighted by Crippen LogP contribution is -2.37. The van der Waals surface area contributed by atoms with Gasteiger partial charge in [0.05, 0.1) is 6.61 Å². The minimum Gasteiger partial charge on any atom is -0.464 e. The van der Waals surface area contributed by atoms with Crippen LogP contribution in [0.5, 0.6) is 0 Å². The monoisotopic (exact) mass is 199 g/mol. The van der Waals surface area contributed by atoms with E-state index in [2.05, 4.69) is 0 Å². The number of rotatable bonds is 4. The Bertz CT molecular complexity index is 186. The Morgan fingerprint density at radius 1 is 1.43 bits per heavy atom. The van der Waals surface area contributed by atoms with E-state index in [1.165, 1.54) is 25.7 Å². The molecule has 2 N–H and O–H groups in total. The zero-order chi connectivity index (χ0) is 10.6. The first-order valence-corrected chi connectivity index (χ1v) is 5.53. The number of ether oxygens (including phenoxy) is 1. The maximum atomic E-state index is 11.4. The van der Waals surface area contributed by atoms with Crippen LogP contribution in [-0.2, 0) is 9.53 Å². The standard InChI is InChI=1S/C11H21NO2/c1-8(2)10(12)11(13)14-7-9-5-3-4-6-9/h8-10H,3-7,12H2,1-2H3. The summed E-state index contributed by atoms with van der Waals surface area (Å²) in [5, 5.41) is 0. The molecule has 0 radical (unpaired) electrons. The maximum Gasteiger partial charge on any atom is 0.323 e. The Kier molecular flexibility index (Phi) is 4.39. The lowest BCUT2D eigenvalue weighted by molar-refractivity contribution is -0.147. The van der Waals surface area contributed by atoms with Gasteiger partial charge in [-0.1, -0.05) is 26.7 Å². The molecule has 1 rings (SSSR count). The fraction of sp³-hybridized carbons (Fsp3) is 0.909. The Morgan fingerprint density at radius 3 is 2.50 bits per heavy atom. The summed E-state index contributed by atoms with van der Waals surface area (Å²) in [7, 11) is 0. The van der Waals surface area contributed by atoms with E-state index in [-0.39, 0.29) is 11.9 Å². The second kappa shape index (κ2) is 5.35. The van der Waals surface area contributed by atoms with E-state index < -0.39 is 6.04 Å². The van der Waals surface area contributed by atoms with Crippen LogP contribution in [0, 0.1) is 11.8 Å². The molecular weight excluding hydrogens is 178 g/mol. The Morgan fingerprint density at radius 2 is 2.00 bits per heavy atom. The van der Waals surface area contributed by atoms with Crippen molar-refractivity contribution < 1.29 is 9.53 Å². The first-order chi connectivity index (χ1) is 6.61. The Balaban J connectivity index is 2.19. The van der Waals surface area contributed by atoms with Gasteiger partial charge in [-0.25, -0.2) is 0 Å². The molecular formula is C11H21NO2. The normalized spacial score (nSPS) is 20.0. The van der Waals surface area contributed by atoms with Gasteiger partial charge < -0.3 is 10.5 Å². The van der Waals surface area contributed by atoms with Crippen LogP contribution >= 0.6 is 0 Å². The maximum absolute atomic E-state index is 11.4. The van der Waals surface area contributed by atoms with Crippen molar-refractivity contribution in [2.24, 2.45) is 17.6 Å². The zero-order valence-corrected chi connectivity index (χ0v) is 9.16. The molecule has 0 bridgehead atoms. The third-order valence-corrected chi connectivity index (χ3v) is 2.93. The van der Waals surface area contributed by atoms with E-state index in [1.54, 1.807) is 0 Å². The highest BCUT2D eigenvalue weighted by Gasteiger charge is 2.21. The van der Waals surface area contributed by atoms with E-state index in [0.29, 0.717) is 12.5 Å². The van der Waals surface area contributed by atoms with Crippen LogP contribution in [0.2, 0.25) is 0 Å². The van der Waals surface area contributed by atoms with Gasteiger partial charge in [-0.05, 0) is 24.7 Å². The number of carbonyl (C=O) groups is 1. The summed E-state index contributed by atoms with van der Waals surface area (Å²) in [5.41, 5.74) is 5.67. The molecule has 82 valence electrons. The molecule has 1 atom stereocenters. The average molecular weight is 199 g/mol. The smallest absolute Gasteiger partial charge is 0.323 e. The van der Waals surface area contributed by atoms with Crippen LogP contribution in [0.1, 0.15) is 39.5 Å². The molecule has 1 aliphatic rings. The van der Waals surface area contributed by atoms with Crippen LogP contribution in [0.4, 0.5) is 0 Å². The third-order valence-electron chi connectivity index (χ3n) is 2.93. The van der Waals surface area contributed by atoms with E-state index in [4.69, 9.17) is 10.5 Å². The van der Waals surface area contributed by atoms with Crippen LogP contribution in [0.25, 0.3) is 0 Å². The second-order valence-electron chi connectivity index (χ2n) is 4.55. The van der Waals surface area contributed by atoms with Crippen molar-refractivity contribution in [1.82, 2.24) is 0 Å². The van der Waals surface area contributed by atoms with Crippen molar-refractivity contribution in [3.05, 3.63) is 0 Å². The molecule has 3 nitrogen and oxygen atoms in total. The van der Waals surface area contributed by atoms with E-state index in [1.807, 2.05) is 13.8 Å². The summed E-state index contributed by atoms with van der Waals surface area (Å²) in [6, 6.07) is -0.462. The number of esters is 1. The van der Waals surface area contributed by atoms with Gasteiger partial charge in [0.15, 0.2) is 0 Å². The highest BCUT2D eigenvalue weighted by Crippen LogP contribution is 2.24.